The van der Waals surface area contributed by atoms with Gasteiger partial charge in [0.25, 0.3) is 5.91 Å². The molecular formula is C18H22N2O3S. The number of piperazine rings is 1. The van der Waals surface area contributed by atoms with Crippen LogP contribution in [0.1, 0.15) is 10.4 Å². The Labute approximate surface area is 145 Å². The Balaban J connectivity index is 1.36. The van der Waals surface area contributed by atoms with Gasteiger partial charge in [-0.25, -0.2) is 0 Å². The van der Waals surface area contributed by atoms with E-state index >= 15 is 0 Å². The van der Waals surface area contributed by atoms with Crippen LogP contribution in [0, 0.1) is 0 Å². The number of thiophene rings is 1. The summed E-state index contributed by atoms with van der Waals surface area (Å²) in [6, 6.07) is 8.12. The average Bonchev–Trinajstić information content (AvgIpc) is 3.07. The van der Waals surface area contributed by atoms with Crippen LogP contribution >= 0.6 is 11.3 Å². The summed E-state index contributed by atoms with van der Waals surface area (Å²) < 4.78 is 12.3. The van der Waals surface area contributed by atoms with Crippen molar-refractivity contribution >= 4 is 27.3 Å². The number of nitrogens with zero attached hydrogens (tertiary/aromatic N) is 2. The molecule has 0 saturated carbocycles. The Morgan fingerprint density at radius 1 is 1.17 bits per heavy atom. The van der Waals surface area contributed by atoms with Gasteiger partial charge in [0.2, 0.25) is 0 Å². The first-order valence-corrected chi connectivity index (χ1v) is 9.36. The molecule has 3 heterocycles. The van der Waals surface area contributed by atoms with Gasteiger partial charge >= 0.3 is 0 Å². The molecule has 1 aromatic heterocycles. The van der Waals surface area contributed by atoms with Crippen molar-refractivity contribution in [3.05, 3.63) is 35.2 Å². The van der Waals surface area contributed by atoms with E-state index in [0.29, 0.717) is 19.8 Å². The molecule has 0 N–H and O–H groups in total. The summed E-state index contributed by atoms with van der Waals surface area (Å²) in [6.07, 6.45) is 0.168. The summed E-state index contributed by atoms with van der Waals surface area (Å²) in [6.45, 7) is 6.31. The maximum atomic E-state index is 12.8. The Kier molecular flexibility index (Phi) is 4.80. The average molecular weight is 346 g/mol. The molecule has 1 aromatic carbocycles. The van der Waals surface area contributed by atoms with Crippen LogP contribution in [0.25, 0.3) is 10.1 Å². The number of carbonyl (C=O) groups excluding carboxylic acids is 1. The van der Waals surface area contributed by atoms with Crippen molar-refractivity contribution in [1.29, 1.82) is 0 Å². The zero-order valence-corrected chi connectivity index (χ0v) is 14.5. The van der Waals surface area contributed by atoms with Gasteiger partial charge in [-0.3, -0.25) is 9.69 Å². The lowest BCUT2D eigenvalue weighted by Gasteiger charge is -2.37. The van der Waals surface area contributed by atoms with Crippen LogP contribution in [0.2, 0.25) is 0 Å². The molecule has 6 heteroatoms. The van der Waals surface area contributed by atoms with E-state index in [0.717, 1.165) is 43.7 Å². The minimum Gasteiger partial charge on any atom is -0.376 e. The van der Waals surface area contributed by atoms with E-state index in [1.54, 1.807) is 11.3 Å². The molecule has 0 bridgehead atoms. The highest BCUT2D eigenvalue weighted by molar-refractivity contribution is 7.17. The predicted molar refractivity (Wildman–Crippen MR) is 94.7 cm³/mol. The predicted octanol–water partition coefficient (Wildman–Crippen LogP) is 2.07. The lowest BCUT2D eigenvalue weighted by molar-refractivity contribution is -0.0994. The number of hydrogen-bond donors (Lipinski definition) is 0. The summed E-state index contributed by atoms with van der Waals surface area (Å²) >= 11 is 1.64. The maximum absolute atomic E-state index is 12.8. The number of hydrogen-bond acceptors (Lipinski definition) is 5. The Hall–Kier alpha value is -1.47. The highest BCUT2D eigenvalue weighted by Crippen LogP contribution is 2.27. The van der Waals surface area contributed by atoms with Crippen molar-refractivity contribution in [2.75, 3.05) is 52.5 Å². The van der Waals surface area contributed by atoms with Gasteiger partial charge < -0.3 is 14.4 Å². The smallest absolute Gasteiger partial charge is 0.255 e. The maximum Gasteiger partial charge on any atom is 0.255 e. The third-order valence-corrected chi connectivity index (χ3v) is 5.68. The standard InChI is InChI=1S/C18H22N2O3S/c21-18(16-13-24-17-4-2-1-3-15(16)17)20-7-5-19(6-8-20)11-14-12-22-9-10-23-14/h1-4,13-14H,5-12H2/t14-/m0/s1. The van der Waals surface area contributed by atoms with Gasteiger partial charge in [-0.05, 0) is 6.07 Å². The van der Waals surface area contributed by atoms with E-state index in [2.05, 4.69) is 11.0 Å². The fraction of sp³-hybridized carbons (Fsp3) is 0.500. The number of rotatable bonds is 3. The van der Waals surface area contributed by atoms with Crippen LogP contribution in [-0.2, 0) is 9.47 Å². The lowest BCUT2D eigenvalue weighted by Crippen LogP contribution is -2.51. The molecular weight excluding hydrogens is 324 g/mol. The van der Waals surface area contributed by atoms with Gasteiger partial charge in [-0.1, -0.05) is 18.2 Å². The van der Waals surface area contributed by atoms with Gasteiger partial charge in [-0.15, -0.1) is 11.3 Å². The van der Waals surface area contributed by atoms with E-state index in [-0.39, 0.29) is 12.0 Å². The molecule has 0 spiro atoms. The Morgan fingerprint density at radius 2 is 2.00 bits per heavy atom. The number of carbonyl (C=O) groups is 1. The minimum atomic E-state index is 0.157. The van der Waals surface area contributed by atoms with Crippen LogP contribution < -0.4 is 0 Å². The molecule has 0 aliphatic carbocycles. The number of amides is 1. The topological polar surface area (TPSA) is 42.0 Å². The highest BCUT2D eigenvalue weighted by atomic mass is 32.1. The molecule has 2 aliphatic heterocycles. The van der Waals surface area contributed by atoms with Gasteiger partial charge in [-0.2, -0.15) is 0 Å². The third kappa shape index (κ3) is 3.32. The first-order valence-electron chi connectivity index (χ1n) is 8.48. The Bertz CT molecular complexity index is 703. The van der Waals surface area contributed by atoms with E-state index in [1.807, 2.05) is 28.5 Å². The van der Waals surface area contributed by atoms with E-state index in [9.17, 15) is 4.79 Å². The van der Waals surface area contributed by atoms with Crippen molar-refractivity contribution in [2.24, 2.45) is 0 Å². The van der Waals surface area contributed by atoms with Crippen molar-refractivity contribution in [3.8, 4) is 0 Å². The minimum absolute atomic E-state index is 0.157. The van der Waals surface area contributed by atoms with Crippen LogP contribution in [0.4, 0.5) is 0 Å². The summed E-state index contributed by atoms with van der Waals surface area (Å²) in [5.41, 5.74) is 0.841. The van der Waals surface area contributed by atoms with Crippen LogP contribution in [0.3, 0.4) is 0 Å². The van der Waals surface area contributed by atoms with Crippen LogP contribution in [-0.4, -0.2) is 74.4 Å². The Morgan fingerprint density at radius 3 is 2.79 bits per heavy atom. The molecule has 0 radical (unpaired) electrons. The van der Waals surface area contributed by atoms with Gasteiger partial charge in [0.05, 0.1) is 31.5 Å². The summed E-state index contributed by atoms with van der Waals surface area (Å²) in [5.74, 6) is 0.157. The molecule has 1 atom stereocenters. The first kappa shape index (κ1) is 16.0. The van der Waals surface area contributed by atoms with E-state index in [4.69, 9.17) is 9.47 Å². The molecule has 0 unspecified atom stereocenters. The molecule has 128 valence electrons. The normalized spacial score (nSPS) is 22.8. The number of fused-ring (bicyclic) bond motifs is 1. The second-order valence-corrected chi connectivity index (χ2v) is 7.22. The number of benzene rings is 1. The van der Waals surface area contributed by atoms with E-state index in [1.165, 1.54) is 4.70 Å². The van der Waals surface area contributed by atoms with Crippen LogP contribution in [0.15, 0.2) is 29.6 Å². The first-order chi connectivity index (χ1) is 11.8. The second-order valence-electron chi connectivity index (χ2n) is 6.31. The molecule has 2 aliphatic rings. The fourth-order valence-electron chi connectivity index (χ4n) is 3.38. The summed E-state index contributed by atoms with van der Waals surface area (Å²) in [7, 11) is 0. The van der Waals surface area contributed by atoms with Crippen LogP contribution in [0.5, 0.6) is 0 Å². The molecule has 2 saturated heterocycles. The SMILES string of the molecule is O=C(c1csc2ccccc12)N1CCN(C[C@H]2COCCO2)CC1. The van der Waals surface area contributed by atoms with Crippen molar-refractivity contribution in [3.63, 3.8) is 0 Å². The third-order valence-electron chi connectivity index (χ3n) is 4.72. The molecule has 2 fully saturated rings. The largest absolute Gasteiger partial charge is 0.376 e. The molecule has 4 rings (SSSR count). The summed E-state index contributed by atoms with van der Waals surface area (Å²) in [5, 5.41) is 3.06. The lowest BCUT2D eigenvalue weighted by atomic mass is 10.1. The quantitative estimate of drug-likeness (QED) is 0.853. The fourth-order valence-corrected chi connectivity index (χ4v) is 4.31. The molecule has 1 amide bonds. The monoisotopic (exact) mass is 346 g/mol. The highest BCUT2D eigenvalue weighted by Gasteiger charge is 2.26. The van der Waals surface area contributed by atoms with Gasteiger partial charge in [0, 0.05) is 48.2 Å². The van der Waals surface area contributed by atoms with Crippen molar-refractivity contribution < 1.29 is 14.3 Å². The van der Waals surface area contributed by atoms with E-state index < -0.39 is 0 Å². The molecule has 2 aromatic rings. The van der Waals surface area contributed by atoms with Gasteiger partial charge in [0.1, 0.15) is 0 Å². The summed E-state index contributed by atoms with van der Waals surface area (Å²) in [4.78, 5) is 17.2. The molecule has 5 nitrogen and oxygen atoms in total. The number of ether oxygens (including phenoxy) is 2. The zero-order chi connectivity index (χ0) is 16.4. The van der Waals surface area contributed by atoms with Crippen molar-refractivity contribution in [1.82, 2.24) is 9.80 Å². The zero-order valence-electron chi connectivity index (χ0n) is 13.6. The van der Waals surface area contributed by atoms with Gasteiger partial charge in [0.15, 0.2) is 0 Å². The second kappa shape index (κ2) is 7.19. The molecule has 24 heavy (non-hydrogen) atoms. The van der Waals surface area contributed by atoms with Crippen molar-refractivity contribution in [2.45, 2.75) is 6.10 Å².